The van der Waals surface area contributed by atoms with E-state index in [9.17, 15) is 9.59 Å². The second kappa shape index (κ2) is 5.57. The van der Waals surface area contributed by atoms with Gasteiger partial charge in [0, 0.05) is 29.8 Å². The van der Waals surface area contributed by atoms with E-state index in [-0.39, 0.29) is 23.5 Å². The molecule has 3 rings (SSSR count). The smallest absolute Gasteiger partial charge is 0.223 e. The van der Waals surface area contributed by atoms with Crippen LogP contribution in [-0.4, -0.2) is 18.2 Å². The normalized spacial score (nSPS) is 27.9. The third-order valence-electron chi connectivity index (χ3n) is 4.50. The van der Waals surface area contributed by atoms with Crippen LogP contribution in [0.25, 0.3) is 0 Å². The van der Waals surface area contributed by atoms with Crippen LogP contribution in [0.15, 0.2) is 24.3 Å². The fourth-order valence-corrected chi connectivity index (χ4v) is 3.76. The number of hydrogen-bond donors (Lipinski definition) is 1. The van der Waals surface area contributed by atoms with Crippen molar-refractivity contribution in [1.82, 2.24) is 5.32 Å². The highest BCUT2D eigenvalue weighted by Crippen LogP contribution is 2.46. The minimum absolute atomic E-state index is 0.00818. The third-order valence-corrected chi connectivity index (χ3v) is 4.74. The maximum atomic E-state index is 12.1. The maximum absolute atomic E-state index is 12.1. The molecule has 1 N–H and O–H groups in total. The predicted molar refractivity (Wildman–Crippen MR) is 77.5 cm³/mol. The van der Waals surface area contributed by atoms with Gasteiger partial charge < -0.3 is 5.32 Å². The number of Topliss-reactive ketones (excluding diaryl/α,β-unsaturated/α-hetero) is 1. The van der Waals surface area contributed by atoms with E-state index in [2.05, 4.69) is 5.32 Å². The Hall–Kier alpha value is -1.35. The summed E-state index contributed by atoms with van der Waals surface area (Å²) in [4.78, 5) is 23.8. The number of nitrogens with one attached hydrogen (secondary N) is 1. The molecule has 0 saturated heterocycles. The first-order chi connectivity index (χ1) is 9.63. The van der Waals surface area contributed by atoms with Crippen LogP contribution >= 0.6 is 11.6 Å². The van der Waals surface area contributed by atoms with Crippen LogP contribution in [0.1, 0.15) is 24.8 Å². The fourth-order valence-electron chi connectivity index (χ4n) is 3.54. The van der Waals surface area contributed by atoms with Gasteiger partial charge in [-0.25, -0.2) is 0 Å². The Balaban J connectivity index is 1.49. The zero-order valence-corrected chi connectivity index (χ0v) is 12.0. The molecule has 3 atom stereocenters. The zero-order chi connectivity index (χ0) is 14.1. The van der Waals surface area contributed by atoms with Crippen molar-refractivity contribution in [3.8, 4) is 0 Å². The largest absolute Gasteiger partial charge is 0.356 e. The summed E-state index contributed by atoms with van der Waals surface area (Å²) < 4.78 is 0. The topological polar surface area (TPSA) is 46.2 Å². The van der Waals surface area contributed by atoms with E-state index in [1.165, 1.54) is 0 Å². The zero-order valence-electron chi connectivity index (χ0n) is 11.3. The van der Waals surface area contributed by atoms with Gasteiger partial charge in [0.2, 0.25) is 5.91 Å². The Bertz CT molecular complexity index is 543. The molecule has 0 heterocycles. The minimum Gasteiger partial charge on any atom is -0.356 e. The van der Waals surface area contributed by atoms with Gasteiger partial charge >= 0.3 is 0 Å². The van der Waals surface area contributed by atoms with Crippen LogP contribution in [0.3, 0.4) is 0 Å². The Morgan fingerprint density at radius 2 is 2.20 bits per heavy atom. The summed E-state index contributed by atoms with van der Waals surface area (Å²) in [5.74, 6) is 0.701. The van der Waals surface area contributed by atoms with E-state index in [4.69, 9.17) is 11.6 Å². The number of benzene rings is 1. The SMILES string of the molecule is O=C(NCCc1cccc(Cl)c1)C1C[C@H]2CC(=O)[C@@H]1C2. The molecule has 1 aromatic carbocycles. The Morgan fingerprint density at radius 3 is 2.90 bits per heavy atom. The molecule has 1 amide bonds. The van der Waals surface area contributed by atoms with Gasteiger partial charge in [-0.2, -0.15) is 0 Å². The van der Waals surface area contributed by atoms with Gasteiger partial charge in [-0.05, 0) is 42.9 Å². The molecule has 0 spiro atoms. The molecule has 4 heteroatoms. The van der Waals surface area contributed by atoms with Crippen molar-refractivity contribution in [1.29, 1.82) is 0 Å². The average molecular weight is 292 g/mol. The molecule has 2 aliphatic carbocycles. The lowest BCUT2D eigenvalue weighted by Crippen LogP contribution is -2.37. The highest BCUT2D eigenvalue weighted by Gasteiger charge is 2.48. The first-order valence-corrected chi connectivity index (χ1v) is 7.56. The number of ketones is 1. The molecule has 3 nitrogen and oxygen atoms in total. The van der Waals surface area contributed by atoms with Crippen molar-refractivity contribution in [2.24, 2.45) is 17.8 Å². The van der Waals surface area contributed by atoms with Crippen molar-refractivity contribution < 1.29 is 9.59 Å². The summed E-state index contributed by atoms with van der Waals surface area (Å²) in [7, 11) is 0. The van der Waals surface area contributed by atoms with Gasteiger partial charge in [0.05, 0.1) is 0 Å². The number of amides is 1. The molecule has 2 fully saturated rings. The fraction of sp³-hybridized carbons (Fsp3) is 0.500. The first-order valence-electron chi connectivity index (χ1n) is 7.18. The average Bonchev–Trinajstić information content (AvgIpc) is 2.97. The number of rotatable bonds is 4. The number of halogens is 1. The van der Waals surface area contributed by atoms with Crippen LogP contribution in [-0.2, 0) is 16.0 Å². The van der Waals surface area contributed by atoms with Gasteiger partial charge in [-0.3, -0.25) is 9.59 Å². The Labute approximate surface area is 123 Å². The van der Waals surface area contributed by atoms with Gasteiger partial charge in [0.1, 0.15) is 5.78 Å². The molecule has 0 radical (unpaired) electrons. The third kappa shape index (κ3) is 2.73. The summed E-state index contributed by atoms with van der Waals surface area (Å²) in [5, 5.41) is 3.68. The van der Waals surface area contributed by atoms with E-state index in [1.807, 2.05) is 24.3 Å². The summed E-state index contributed by atoms with van der Waals surface area (Å²) in [6.07, 6.45) is 3.27. The van der Waals surface area contributed by atoms with Gasteiger partial charge in [-0.1, -0.05) is 23.7 Å². The maximum Gasteiger partial charge on any atom is 0.223 e. The summed E-state index contributed by atoms with van der Waals surface area (Å²) >= 11 is 5.92. The van der Waals surface area contributed by atoms with E-state index < -0.39 is 0 Å². The lowest BCUT2D eigenvalue weighted by Gasteiger charge is -2.20. The van der Waals surface area contributed by atoms with E-state index in [1.54, 1.807) is 0 Å². The van der Waals surface area contributed by atoms with Crippen molar-refractivity contribution in [3.05, 3.63) is 34.9 Å². The minimum atomic E-state index is -0.0828. The number of hydrogen-bond acceptors (Lipinski definition) is 2. The number of fused-ring (bicyclic) bond motifs is 2. The standard InChI is InChI=1S/C16H18ClNO2/c17-12-3-1-2-10(6-12)4-5-18-16(20)14-8-11-7-13(14)15(19)9-11/h1-3,6,11,13-14H,4-5,7-9H2,(H,18,20)/t11-,13+,14?/m0/s1. The second-order valence-electron chi connectivity index (χ2n) is 5.89. The van der Waals surface area contributed by atoms with E-state index in [0.717, 1.165) is 24.8 Å². The monoisotopic (exact) mass is 291 g/mol. The van der Waals surface area contributed by atoms with E-state index in [0.29, 0.717) is 23.9 Å². The Morgan fingerprint density at radius 1 is 1.35 bits per heavy atom. The van der Waals surface area contributed by atoms with Crippen LogP contribution in [0, 0.1) is 17.8 Å². The van der Waals surface area contributed by atoms with Crippen LogP contribution in [0.5, 0.6) is 0 Å². The van der Waals surface area contributed by atoms with Crippen molar-refractivity contribution in [3.63, 3.8) is 0 Å². The molecule has 0 aliphatic heterocycles. The highest BCUT2D eigenvalue weighted by molar-refractivity contribution is 6.30. The highest BCUT2D eigenvalue weighted by atomic mass is 35.5. The predicted octanol–water partition coefficient (Wildman–Crippen LogP) is 2.61. The van der Waals surface area contributed by atoms with Crippen LogP contribution < -0.4 is 5.32 Å². The molecule has 20 heavy (non-hydrogen) atoms. The first kappa shape index (κ1) is 13.6. The molecule has 106 valence electrons. The van der Waals surface area contributed by atoms with Gasteiger partial charge in [0.25, 0.3) is 0 Å². The van der Waals surface area contributed by atoms with Crippen molar-refractivity contribution in [2.45, 2.75) is 25.7 Å². The van der Waals surface area contributed by atoms with Gasteiger partial charge in [0.15, 0.2) is 0 Å². The number of carbonyl (C=O) groups excluding carboxylic acids is 2. The van der Waals surface area contributed by atoms with Crippen LogP contribution in [0.4, 0.5) is 0 Å². The molecule has 2 bridgehead atoms. The molecular formula is C16H18ClNO2. The van der Waals surface area contributed by atoms with Gasteiger partial charge in [-0.15, -0.1) is 0 Å². The number of carbonyl (C=O) groups is 2. The van der Waals surface area contributed by atoms with Crippen molar-refractivity contribution in [2.75, 3.05) is 6.54 Å². The van der Waals surface area contributed by atoms with Crippen LogP contribution in [0.2, 0.25) is 5.02 Å². The molecule has 1 unspecified atom stereocenters. The Kier molecular flexibility index (Phi) is 3.79. The molecule has 0 aromatic heterocycles. The summed E-state index contributed by atoms with van der Waals surface area (Å²) in [6.45, 7) is 0.598. The molecule has 2 aliphatic rings. The van der Waals surface area contributed by atoms with E-state index >= 15 is 0 Å². The molecular weight excluding hydrogens is 274 g/mol. The molecule has 2 saturated carbocycles. The van der Waals surface area contributed by atoms with Crippen molar-refractivity contribution >= 4 is 23.3 Å². The second-order valence-corrected chi connectivity index (χ2v) is 6.33. The lowest BCUT2D eigenvalue weighted by atomic mass is 9.87. The summed E-state index contributed by atoms with van der Waals surface area (Å²) in [5.41, 5.74) is 1.11. The quantitative estimate of drug-likeness (QED) is 0.927. The lowest BCUT2D eigenvalue weighted by molar-refractivity contribution is -0.133. The molecule has 1 aromatic rings. The summed E-state index contributed by atoms with van der Waals surface area (Å²) in [6, 6.07) is 7.66.